The summed E-state index contributed by atoms with van der Waals surface area (Å²) in [6.45, 7) is 1.90. The highest BCUT2D eigenvalue weighted by Crippen LogP contribution is 2.00. The van der Waals surface area contributed by atoms with E-state index in [9.17, 15) is 0 Å². The third-order valence-corrected chi connectivity index (χ3v) is 1.77. The summed E-state index contributed by atoms with van der Waals surface area (Å²) in [5.74, 6) is 0. The molecule has 0 aromatic carbocycles. The number of aryl methyl sites for hydroxylation is 1. The summed E-state index contributed by atoms with van der Waals surface area (Å²) < 4.78 is 1.97. The molecule has 1 heterocycles. The van der Waals surface area contributed by atoms with Crippen molar-refractivity contribution in [2.75, 3.05) is 13.6 Å². The van der Waals surface area contributed by atoms with Crippen LogP contribution >= 0.6 is 0 Å². The maximum atomic E-state index is 8.68. The van der Waals surface area contributed by atoms with E-state index in [1.54, 1.807) is 0 Å². The molecule has 0 saturated heterocycles. The Labute approximate surface area is 72.6 Å². The maximum Gasteiger partial charge on any atom is 0.120 e. The van der Waals surface area contributed by atoms with Gasteiger partial charge in [-0.3, -0.25) is 0 Å². The van der Waals surface area contributed by atoms with Crippen LogP contribution < -0.4 is 5.32 Å². The number of aromatic nitrogens is 1. The van der Waals surface area contributed by atoms with Crippen LogP contribution in [0.25, 0.3) is 0 Å². The van der Waals surface area contributed by atoms with Gasteiger partial charge in [-0.15, -0.1) is 0 Å². The fraction of sp³-hybridized carbons (Fsp3) is 0.444. The van der Waals surface area contributed by atoms with Gasteiger partial charge in [-0.1, -0.05) is 0 Å². The first-order valence-corrected chi connectivity index (χ1v) is 4.08. The molecule has 0 saturated carbocycles. The predicted molar refractivity (Wildman–Crippen MR) is 47.7 cm³/mol. The summed E-state index contributed by atoms with van der Waals surface area (Å²) in [6, 6.07) is 5.88. The summed E-state index contributed by atoms with van der Waals surface area (Å²) in [6.07, 6.45) is 2.99. The lowest BCUT2D eigenvalue weighted by Gasteiger charge is -2.03. The zero-order chi connectivity index (χ0) is 8.81. The van der Waals surface area contributed by atoms with Gasteiger partial charge in [-0.2, -0.15) is 5.26 Å². The molecule has 0 aliphatic heterocycles. The molecule has 0 atom stereocenters. The van der Waals surface area contributed by atoms with Gasteiger partial charge >= 0.3 is 0 Å². The van der Waals surface area contributed by atoms with Crippen molar-refractivity contribution < 1.29 is 0 Å². The second-order valence-electron chi connectivity index (χ2n) is 2.66. The second kappa shape index (κ2) is 4.58. The van der Waals surface area contributed by atoms with Gasteiger partial charge < -0.3 is 9.88 Å². The molecule has 3 nitrogen and oxygen atoms in total. The van der Waals surface area contributed by atoms with E-state index in [0.29, 0.717) is 0 Å². The van der Waals surface area contributed by atoms with Gasteiger partial charge in [0.15, 0.2) is 0 Å². The molecule has 0 spiro atoms. The SMILES string of the molecule is CNCCCn1cccc1C#N. The first kappa shape index (κ1) is 8.82. The summed E-state index contributed by atoms with van der Waals surface area (Å²) in [4.78, 5) is 0. The summed E-state index contributed by atoms with van der Waals surface area (Å²) in [5.41, 5.74) is 0.742. The zero-order valence-corrected chi connectivity index (χ0v) is 7.25. The molecule has 0 amide bonds. The van der Waals surface area contributed by atoms with E-state index >= 15 is 0 Å². The molecule has 0 aliphatic carbocycles. The van der Waals surface area contributed by atoms with Gasteiger partial charge in [-0.05, 0) is 32.1 Å². The van der Waals surface area contributed by atoms with Crippen LogP contribution in [0.4, 0.5) is 0 Å². The number of rotatable bonds is 4. The Bertz CT molecular complexity index is 270. The van der Waals surface area contributed by atoms with E-state index < -0.39 is 0 Å². The van der Waals surface area contributed by atoms with Crippen LogP contribution in [0.1, 0.15) is 12.1 Å². The van der Waals surface area contributed by atoms with Crippen molar-refractivity contribution in [3.63, 3.8) is 0 Å². The van der Waals surface area contributed by atoms with Crippen molar-refractivity contribution in [3.8, 4) is 6.07 Å². The van der Waals surface area contributed by atoms with Gasteiger partial charge in [0.1, 0.15) is 11.8 Å². The molecule has 1 aromatic heterocycles. The van der Waals surface area contributed by atoms with Gasteiger partial charge in [0.05, 0.1) is 0 Å². The summed E-state index contributed by atoms with van der Waals surface area (Å²) >= 11 is 0. The van der Waals surface area contributed by atoms with Gasteiger partial charge in [0.2, 0.25) is 0 Å². The highest BCUT2D eigenvalue weighted by atomic mass is 15.0. The number of hydrogen-bond donors (Lipinski definition) is 1. The van der Waals surface area contributed by atoms with Crippen LogP contribution in [0.2, 0.25) is 0 Å². The third-order valence-electron chi connectivity index (χ3n) is 1.77. The average molecular weight is 163 g/mol. The molecule has 64 valence electrons. The smallest absolute Gasteiger partial charge is 0.120 e. The minimum Gasteiger partial charge on any atom is -0.339 e. The van der Waals surface area contributed by atoms with Crippen LogP contribution in [0.5, 0.6) is 0 Å². The van der Waals surface area contributed by atoms with Crippen molar-refractivity contribution in [1.82, 2.24) is 9.88 Å². The van der Waals surface area contributed by atoms with Gasteiger partial charge in [0.25, 0.3) is 0 Å². The molecule has 12 heavy (non-hydrogen) atoms. The molecule has 0 aliphatic rings. The van der Waals surface area contributed by atoms with Crippen LogP contribution in [-0.2, 0) is 6.54 Å². The Balaban J connectivity index is 2.46. The van der Waals surface area contributed by atoms with E-state index in [1.807, 2.05) is 29.9 Å². The predicted octanol–water partition coefficient (Wildman–Crippen LogP) is 0.969. The fourth-order valence-corrected chi connectivity index (χ4v) is 1.14. The number of hydrogen-bond acceptors (Lipinski definition) is 2. The largest absolute Gasteiger partial charge is 0.339 e. The first-order valence-electron chi connectivity index (χ1n) is 4.08. The summed E-state index contributed by atoms with van der Waals surface area (Å²) in [7, 11) is 1.93. The number of nitrogens with one attached hydrogen (secondary N) is 1. The molecular formula is C9H13N3. The van der Waals surface area contributed by atoms with Crippen LogP contribution in [-0.4, -0.2) is 18.2 Å². The first-order chi connectivity index (χ1) is 5.88. The normalized spacial score (nSPS) is 9.67. The Hall–Kier alpha value is -1.27. The molecule has 0 fully saturated rings. The third kappa shape index (κ3) is 2.11. The lowest BCUT2D eigenvalue weighted by atomic mass is 10.4. The topological polar surface area (TPSA) is 40.8 Å². The second-order valence-corrected chi connectivity index (χ2v) is 2.66. The molecule has 0 bridgehead atoms. The molecule has 1 rings (SSSR count). The molecule has 0 unspecified atom stereocenters. The lowest BCUT2D eigenvalue weighted by molar-refractivity contribution is 0.611. The molecule has 1 aromatic rings. The van der Waals surface area contributed by atoms with Crippen molar-refractivity contribution in [2.24, 2.45) is 0 Å². The van der Waals surface area contributed by atoms with E-state index in [1.165, 1.54) is 0 Å². The Kier molecular flexibility index (Phi) is 3.36. The summed E-state index contributed by atoms with van der Waals surface area (Å²) in [5, 5.41) is 11.7. The Morgan fingerprint density at radius 1 is 1.67 bits per heavy atom. The highest BCUT2D eigenvalue weighted by molar-refractivity contribution is 5.21. The van der Waals surface area contributed by atoms with Crippen molar-refractivity contribution in [3.05, 3.63) is 24.0 Å². The average Bonchev–Trinajstić information content (AvgIpc) is 2.52. The van der Waals surface area contributed by atoms with E-state index in [0.717, 1.165) is 25.2 Å². The van der Waals surface area contributed by atoms with Gasteiger partial charge in [-0.25, -0.2) is 0 Å². The Morgan fingerprint density at radius 2 is 2.50 bits per heavy atom. The Morgan fingerprint density at radius 3 is 3.17 bits per heavy atom. The minimum atomic E-state index is 0.742. The van der Waals surface area contributed by atoms with Crippen LogP contribution in [0.15, 0.2) is 18.3 Å². The van der Waals surface area contributed by atoms with Crippen molar-refractivity contribution >= 4 is 0 Å². The molecular weight excluding hydrogens is 150 g/mol. The monoisotopic (exact) mass is 163 g/mol. The number of nitrogens with zero attached hydrogens (tertiary/aromatic N) is 2. The fourth-order valence-electron chi connectivity index (χ4n) is 1.14. The minimum absolute atomic E-state index is 0.742. The number of nitriles is 1. The quantitative estimate of drug-likeness (QED) is 0.672. The molecule has 0 radical (unpaired) electrons. The zero-order valence-electron chi connectivity index (χ0n) is 7.25. The van der Waals surface area contributed by atoms with Crippen LogP contribution in [0.3, 0.4) is 0 Å². The van der Waals surface area contributed by atoms with E-state index in [2.05, 4.69) is 11.4 Å². The van der Waals surface area contributed by atoms with Gasteiger partial charge in [0, 0.05) is 12.7 Å². The van der Waals surface area contributed by atoms with E-state index in [4.69, 9.17) is 5.26 Å². The van der Waals surface area contributed by atoms with Crippen LogP contribution in [0, 0.1) is 11.3 Å². The van der Waals surface area contributed by atoms with Crippen molar-refractivity contribution in [1.29, 1.82) is 5.26 Å². The lowest BCUT2D eigenvalue weighted by Crippen LogP contribution is -2.11. The van der Waals surface area contributed by atoms with E-state index in [-0.39, 0.29) is 0 Å². The maximum absolute atomic E-state index is 8.68. The molecule has 1 N–H and O–H groups in total. The standard InChI is InChI=1S/C9H13N3/c1-11-5-3-7-12-6-2-4-9(12)8-10/h2,4,6,11H,3,5,7H2,1H3. The molecule has 3 heteroatoms. The highest BCUT2D eigenvalue weighted by Gasteiger charge is 1.96. The van der Waals surface area contributed by atoms with Crippen molar-refractivity contribution in [2.45, 2.75) is 13.0 Å².